The summed E-state index contributed by atoms with van der Waals surface area (Å²) in [5.41, 5.74) is 0.249. The van der Waals surface area contributed by atoms with Crippen molar-refractivity contribution < 1.29 is 4.74 Å². The van der Waals surface area contributed by atoms with Crippen molar-refractivity contribution in [1.82, 2.24) is 15.5 Å². The molecule has 2 fully saturated rings. The first-order valence-corrected chi connectivity index (χ1v) is 9.86. The summed E-state index contributed by atoms with van der Waals surface area (Å²) in [6, 6.07) is 0.462. The van der Waals surface area contributed by atoms with E-state index in [1.807, 2.05) is 7.05 Å². The molecular weight excluding hydrogens is 300 g/mol. The lowest BCUT2D eigenvalue weighted by Crippen LogP contribution is -2.65. The second kappa shape index (κ2) is 9.04. The van der Waals surface area contributed by atoms with Gasteiger partial charge in [0.05, 0.1) is 6.10 Å². The lowest BCUT2D eigenvalue weighted by atomic mass is 9.58. The van der Waals surface area contributed by atoms with E-state index >= 15 is 0 Å². The SMILES string of the molecule is CCOC1CC(NC(=NC)NCC2CCCN(C)C2)C1(CC)CC. The number of nitrogens with one attached hydrogen (secondary N) is 2. The van der Waals surface area contributed by atoms with E-state index in [9.17, 15) is 0 Å². The number of likely N-dealkylation sites (tertiary alicyclic amines) is 1. The Morgan fingerprint density at radius 1 is 1.29 bits per heavy atom. The molecule has 1 aliphatic carbocycles. The highest BCUT2D eigenvalue weighted by atomic mass is 16.5. The Labute approximate surface area is 148 Å². The first kappa shape index (κ1) is 19.5. The molecule has 0 radical (unpaired) electrons. The van der Waals surface area contributed by atoms with E-state index < -0.39 is 0 Å². The highest BCUT2D eigenvalue weighted by Gasteiger charge is 2.53. The van der Waals surface area contributed by atoms with Gasteiger partial charge in [0, 0.05) is 38.2 Å². The van der Waals surface area contributed by atoms with Crippen molar-refractivity contribution in [3.05, 3.63) is 0 Å². The minimum Gasteiger partial charge on any atom is -0.378 e. The van der Waals surface area contributed by atoms with Crippen LogP contribution in [0, 0.1) is 11.3 Å². The molecule has 5 nitrogen and oxygen atoms in total. The second-order valence-electron chi connectivity index (χ2n) is 7.54. The highest BCUT2D eigenvalue weighted by Crippen LogP contribution is 2.48. The molecule has 3 unspecified atom stereocenters. The van der Waals surface area contributed by atoms with E-state index in [4.69, 9.17) is 4.74 Å². The van der Waals surface area contributed by atoms with E-state index in [1.165, 1.54) is 25.9 Å². The Morgan fingerprint density at radius 2 is 2.04 bits per heavy atom. The van der Waals surface area contributed by atoms with Gasteiger partial charge in [-0.3, -0.25) is 4.99 Å². The number of hydrogen-bond acceptors (Lipinski definition) is 3. The predicted molar refractivity (Wildman–Crippen MR) is 102 cm³/mol. The van der Waals surface area contributed by atoms with Crippen molar-refractivity contribution >= 4 is 5.96 Å². The molecule has 2 aliphatic rings. The maximum absolute atomic E-state index is 5.98. The standard InChI is InChI=1S/C19H38N4O/c1-6-19(7-2)16(12-17(19)24-8-3)22-18(20-4)21-13-15-10-9-11-23(5)14-15/h15-17H,6-14H2,1-5H3,(H2,20,21,22). The van der Waals surface area contributed by atoms with Crippen LogP contribution < -0.4 is 10.6 Å². The van der Waals surface area contributed by atoms with Crippen LogP contribution in [0.4, 0.5) is 0 Å². The fraction of sp³-hybridized carbons (Fsp3) is 0.947. The Morgan fingerprint density at radius 3 is 2.62 bits per heavy atom. The molecule has 2 rings (SSSR count). The summed E-state index contributed by atoms with van der Waals surface area (Å²) in [7, 11) is 4.10. The molecule has 3 atom stereocenters. The molecule has 1 heterocycles. The lowest BCUT2D eigenvalue weighted by molar-refractivity contribution is -0.133. The maximum atomic E-state index is 5.98. The molecule has 0 spiro atoms. The van der Waals surface area contributed by atoms with Gasteiger partial charge in [-0.25, -0.2) is 0 Å². The number of guanidine groups is 1. The average Bonchev–Trinajstić information content (AvgIpc) is 2.58. The van der Waals surface area contributed by atoms with E-state index in [-0.39, 0.29) is 5.41 Å². The van der Waals surface area contributed by atoms with Crippen LogP contribution in [0.5, 0.6) is 0 Å². The summed E-state index contributed by atoms with van der Waals surface area (Å²) in [5.74, 6) is 1.68. The fourth-order valence-electron chi connectivity index (χ4n) is 4.62. The third-order valence-corrected chi connectivity index (χ3v) is 6.28. The number of rotatable bonds is 7. The molecule has 1 aliphatic heterocycles. The summed E-state index contributed by atoms with van der Waals surface area (Å²) >= 11 is 0. The summed E-state index contributed by atoms with van der Waals surface area (Å²) in [6.07, 6.45) is 6.40. The zero-order valence-electron chi connectivity index (χ0n) is 16.4. The van der Waals surface area contributed by atoms with E-state index in [0.717, 1.165) is 44.3 Å². The molecule has 1 saturated carbocycles. The molecule has 0 amide bonds. The van der Waals surface area contributed by atoms with Crippen molar-refractivity contribution in [3.8, 4) is 0 Å². The van der Waals surface area contributed by atoms with Gasteiger partial charge in [0.1, 0.15) is 0 Å². The van der Waals surface area contributed by atoms with Crippen molar-refractivity contribution in [2.75, 3.05) is 40.3 Å². The zero-order valence-corrected chi connectivity index (χ0v) is 16.4. The van der Waals surface area contributed by atoms with Crippen LogP contribution in [0.2, 0.25) is 0 Å². The Kier molecular flexibility index (Phi) is 7.35. The number of ether oxygens (including phenoxy) is 1. The van der Waals surface area contributed by atoms with Crippen molar-refractivity contribution in [2.24, 2.45) is 16.3 Å². The van der Waals surface area contributed by atoms with Gasteiger partial charge in [-0.15, -0.1) is 0 Å². The molecule has 0 aromatic carbocycles. The van der Waals surface area contributed by atoms with Gasteiger partial charge in [-0.1, -0.05) is 13.8 Å². The summed E-state index contributed by atoms with van der Waals surface area (Å²) < 4.78 is 5.98. The first-order chi connectivity index (χ1) is 11.6. The molecule has 140 valence electrons. The van der Waals surface area contributed by atoms with Crippen LogP contribution in [0.25, 0.3) is 0 Å². The quantitative estimate of drug-likeness (QED) is 0.553. The molecule has 5 heteroatoms. The van der Waals surface area contributed by atoms with Crippen molar-refractivity contribution in [1.29, 1.82) is 0 Å². The minimum atomic E-state index is 0.249. The van der Waals surface area contributed by atoms with E-state index in [1.54, 1.807) is 0 Å². The predicted octanol–water partition coefficient (Wildman–Crippen LogP) is 2.48. The van der Waals surface area contributed by atoms with Crippen LogP contribution in [0.15, 0.2) is 4.99 Å². The van der Waals surface area contributed by atoms with Crippen LogP contribution in [0.1, 0.15) is 52.9 Å². The summed E-state index contributed by atoms with van der Waals surface area (Å²) in [5, 5.41) is 7.24. The van der Waals surface area contributed by atoms with Crippen LogP contribution in [0.3, 0.4) is 0 Å². The van der Waals surface area contributed by atoms with Gasteiger partial charge >= 0.3 is 0 Å². The smallest absolute Gasteiger partial charge is 0.191 e. The third kappa shape index (κ3) is 4.23. The van der Waals surface area contributed by atoms with Gasteiger partial charge in [-0.05, 0) is 58.5 Å². The minimum absolute atomic E-state index is 0.249. The van der Waals surface area contributed by atoms with E-state index in [0.29, 0.717) is 12.1 Å². The highest BCUT2D eigenvalue weighted by molar-refractivity contribution is 5.80. The topological polar surface area (TPSA) is 48.9 Å². The third-order valence-electron chi connectivity index (χ3n) is 6.28. The molecular formula is C19H38N4O. The number of nitrogens with zero attached hydrogens (tertiary/aromatic N) is 2. The van der Waals surface area contributed by atoms with Crippen LogP contribution in [-0.4, -0.2) is 63.3 Å². The molecule has 0 aromatic rings. The maximum Gasteiger partial charge on any atom is 0.191 e. The fourth-order valence-corrected chi connectivity index (χ4v) is 4.62. The zero-order chi connectivity index (χ0) is 17.6. The van der Waals surface area contributed by atoms with Gasteiger partial charge in [0.2, 0.25) is 0 Å². The van der Waals surface area contributed by atoms with Gasteiger partial charge in [-0.2, -0.15) is 0 Å². The molecule has 0 aromatic heterocycles. The van der Waals surface area contributed by atoms with Gasteiger partial charge in [0.25, 0.3) is 0 Å². The van der Waals surface area contributed by atoms with Crippen molar-refractivity contribution in [3.63, 3.8) is 0 Å². The number of hydrogen-bond donors (Lipinski definition) is 2. The Hall–Kier alpha value is -0.810. The monoisotopic (exact) mass is 338 g/mol. The Bertz CT molecular complexity index is 408. The van der Waals surface area contributed by atoms with Crippen LogP contribution in [-0.2, 0) is 4.74 Å². The van der Waals surface area contributed by atoms with E-state index in [2.05, 4.69) is 48.3 Å². The Balaban J connectivity index is 1.86. The van der Waals surface area contributed by atoms with Crippen molar-refractivity contribution in [2.45, 2.75) is 65.0 Å². The van der Waals surface area contributed by atoms with Crippen LogP contribution >= 0.6 is 0 Å². The molecule has 24 heavy (non-hydrogen) atoms. The largest absolute Gasteiger partial charge is 0.378 e. The number of aliphatic imine (C=N–C) groups is 1. The summed E-state index contributed by atoms with van der Waals surface area (Å²) in [6.45, 7) is 10.9. The molecule has 2 N–H and O–H groups in total. The van der Waals surface area contributed by atoms with Gasteiger partial charge < -0.3 is 20.3 Å². The van der Waals surface area contributed by atoms with Gasteiger partial charge in [0.15, 0.2) is 5.96 Å². The molecule has 1 saturated heterocycles. The second-order valence-corrected chi connectivity index (χ2v) is 7.54. The first-order valence-electron chi connectivity index (χ1n) is 9.86. The summed E-state index contributed by atoms with van der Waals surface area (Å²) in [4.78, 5) is 6.89. The average molecular weight is 339 g/mol. The molecule has 0 bridgehead atoms. The lowest BCUT2D eigenvalue weighted by Gasteiger charge is -2.55. The normalized spacial score (nSPS) is 30.7. The number of piperidine rings is 1.